The van der Waals surface area contributed by atoms with E-state index in [0.717, 1.165) is 6.07 Å². The van der Waals surface area contributed by atoms with Crippen molar-refractivity contribution in [3.05, 3.63) is 41.2 Å². The molecule has 0 aliphatic rings. The highest BCUT2D eigenvalue weighted by molar-refractivity contribution is 5.74. The molecule has 0 saturated heterocycles. The lowest BCUT2D eigenvalue weighted by molar-refractivity contribution is -0.155. The molecule has 1 aromatic carbocycles. The van der Waals surface area contributed by atoms with Crippen LogP contribution in [-0.4, -0.2) is 10.1 Å². The molecule has 3 rings (SSSR count). The van der Waals surface area contributed by atoms with Crippen LogP contribution in [0.5, 0.6) is 5.88 Å². The van der Waals surface area contributed by atoms with Gasteiger partial charge in [-0.3, -0.25) is 0 Å². The van der Waals surface area contributed by atoms with Crippen LogP contribution < -0.4 is 4.74 Å². The van der Waals surface area contributed by atoms with Crippen LogP contribution in [0, 0.1) is 17.1 Å². The molecule has 0 bridgehead atoms. The maximum atomic E-state index is 13.6. The molecule has 0 aliphatic heterocycles. The number of nitrogens with zero attached hydrogens (tertiary/aromatic N) is 3. The molecule has 25 heavy (non-hydrogen) atoms. The predicted octanol–water partition coefficient (Wildman–Crippen LogP) is 4.38. The molecule has 0 fully saturated rings. The summed E-state index contributed by atoms with van der Waals surface area (Å²) in [5, 5.41) is 12.0. The minimum absolute atomic E-state index is 0.0172. The van der Waals surface area contributed by atoms with Crippen LogP contribution in [0.25, 0.3) is 11.1 Å². The van der Waals surface area contributed by atoms with Crippen molar-refractivity contribution in [2.75, 3.05) is 0 Å². The number of aromatic nitrogens is 2. The number of hydrogen-bond acceptors (Lipinski definition) is 6. The van der Waals surface area contributed by atoms with Gasteiger partial charge in [-0.1, -0.05) is 6.92 Å². The van der Waals surface area contributed by atoms with Crippen molar-refractivity contribution in [2.24, 2.45) is 0 Å². The summed E-state index contributed by atoms with van der Waals surface area (Å²) in [5.74, 6) is -2.43. The van der Waals surface area contributed by atoms with Crippen molar-refractivity contribution in [3.63, 3.8) is 0 Å². The molecule has 3 aromatic rings. The highest BCUT2D eigenvalue weighted by Gasteiger charge is 2.37. The number of fused-ring (bicyclic) bond motifs is 1. The summed E-state index contributed by atoms with van der Waals surface area (Å²) in [7, 11) is 0. The van der Waals surface area contributed by atoms with Gasteiger partial charge in [0, 0.05) is 6.07 Å². The molecule has 0 amide bonds. The zero-order valence-electron chi connectivity index (χ0n) is 12.6. The first-order valence-corrected chi connectivity index (χ1v) is 7.02. The molecule has 6 nitrogen and oxygen atoms in total. The third kappa shape index (κ3) is 3.26. The van der Waals surface area contributed by atoms with Crippen molar-refractivity contribution in [1.29, 1.82) is 5.26 Å². The lowest BCUT2D eigenvalue weighted by Crippen LogP contribution is -2.07. The Kier molecular flexibility index (Phi) is 4.08. The molecular formula is C15H9F4N3O3. The van der Waals surface area contributed by atoms with Gasteiger partial charge in [-0.2, -0.15) is 18.4 Å². The number of ether oxygens (including phenoxy) is 1. The third-order valence-corrected chi connectivity index (χ3v) is 3.29. The Bertz CT molecular complexity index is 955. The van der Waals surface area contributed by atoms with Crippen LogP contribution in [0.1, 0.15) is 36.7 Å². The standard InChI is InChI=1S/C15H9F4N3O3/c1-2-10(23-13-5-12(25-22-13)15(17,18)19)14-21-9-3-7(6-20)8(16)4-11(9)24-14/h3-5,10H,2H2,1H3. The molecule has 130 valence electrons. The van der Waals surface area contributed by atoms with E-state index in [1.807, 2.05) is 0 Å². The van der Waals surface area contributed by atoms with Crippen LogP contribution in [0.2, 0.25) is 0 Å². The SMILES string of the molecule is CCC(Oc1cc(C(F)(F)F)on1)c1nc2cc(C#N)c(F)cc2o1. The van der Waals surface area contributed by atoms with Crippen LogP contribution in [0.15, 0.2) is 27.1 Å². The number of halogens is 4. The molecule has 0 spiro atoms. The lowest BCUT2D eigenvalue weighted by Gasteiger charge is -2.10. The molecule has 10 heteroatoms. The van der Waals surface area contributed by atoms with Gasteiger partial charge in [0.05, 0.1) is 11.6 Å². The van der Waals surface area contributed by atoms with E-state index in [0.29, 0.717) is 6.07 Å². The van der Waals surface area contributed by atoms with Crippen LogP contribution in [-0.2, 0) is 6.18 Å². The molecule has 0 N–H and O–H groups in total. The second-order valence-electron chi connectivity index (χ2n) is 5.01. The summed E-state index contributed by atoms with van der Waals surface area (Å²) in [6.07, 6.45) is -5.26. The number of alkyl halides is 3. The van der Waals surface area contributed by atoms with Gasteiger partial charge >= 0.3 is 6.18 Å². The van der Waals surface area contributed by atoms with Crippen LogP contribution >= 0.6 is 0 Å². The largest absolute Gasteiger partial charge is 0.462 e. The molecule has 0 radical (unpaired) electrons. The van der Waals surface area contributed by atoms with E-state index >= 15 is 0 Å². The quantitative estimate of drug-likeness (QED) is 0.646. The minimum Gasteiger partial charge on any atom is -0.462 e. The fourth-order valence-electron chi connectivity index (χ4n) is 2.09. The van der Waals surface area contributed by atoms with Gasteiger partial charge in [-0.05, 0) is 17.6 Å². The van der Waals surface area contributed by atoms with E-state index < -0.39 is 23.9 Å². The molecule has 2 heterocycles. The fourth-order valence-corrected chi connectivity index (χ4v) is 2.09. The van der Waals surface area contributed by atoms with Crippen molar-refractivity contribution < 1.29 is 31.2 Å². The number of nitriles is 1. The number of rotatable bonds is 4. The van der Waals surface area contributed by atoms with Gasteiger partial charge in [-0.15, -0.1) is 0 Å². The van der Waals surface area contributed by atoms with Gasteiger partial charge < -0.3 is 13.7 Å². The zero-order valence-corrected chi connectivity index (χ0v) is 12.6. The highest BCUT2D eigenvalue weighted by Crippen LogP contribution is 2.33. The summed E-state index contributed by atoms with van der Waals surface area (Å²) >= 11 is 0. The summed E-state index contributed by atoms with van der Waals surface area (Å²) in [6, 6.07) is 4.51. The number of benzene rings is 1. The summed E-state index contributed by atoms with van der Waals surface area (Å²) in [6.45, 7) is 1.69. The van der Waals surface area contributed by atoms with Gasteiger partial charge in [0.1, 0.15) is 17.4 Å². The molecule has 0 aliphatic carbocycles. The molecule has 1 unspecified atom stereocenters. The minimum atomic E-state index is -4.68. The number of oxazole rings is 1. The maximum absolute atomic E-state index is 13.6. The monoisotopic (exact) mass is 355 g/mol. The van der Waals surface area contributed by atoms with Crippen molar-refractivity contribution in [1.82, 2.24) is 10.1 Å². The third-order valence-electron chi connectivity index (χ3n) is 3.29. The Morgan fingerprint density at radius 3 is 2.68 bits per heavy atom. The van der Waals surface area contributed by atoms with Crippen LogP contribution in [0.4, 0.5) is 17.6 Å². The molecular weight excluding hydrogens is 346 g/mol. The lowest BCUT2D eigenvalue weighted by atomic mass is 10.2. The van der Waals surface area contributed by atoms with E-state index in [4.69, 9.17) is 14.4 Å². The van der Waals surface area contributed by atoms with Gasteiger partial charge in [0.25, 0.3) is 5.88 Å². The van der Waals surface area contributed by atoms with E-state index in [2.05, 4.69) is 14.7 Å². The zero-order chi connectivity index (χ0) is 18.2. The van der Waals surface area contributed by atoms with E-state index in [-0.39, 0.29) is 34.9 Å². The van der Waals surface area contributed by atoms with Gasteiger partial charge in [0.2, 0.25) is 11.7 Å². The van der Waals surface area contributed by atoms with E-state index in [1.54, 1.807) is 13.0 Å². The fraction of sp³-hybridized carbons (Fsp3) is 0.267. The average molecular weight is 355 g/mol. The van der Waals surface area contributed by atoms with Crippen molar-refractivity contribution >= 4 is 11.1 Å². The smallest absolute Gasteiger partial charge is 0.452 e. The average Bonchev–Trinajstić information content (AvgIpc) is 3.17. The second-order valence-corrected chi connectivity index (χ2v) is 5.01. The second kappa shape index (κ2) is 6.08. The van der Waals surface area contributed by atoms with Gasteiger partial charge in [0.15, 0.2) is 11.7 Å². The number of hydrogen-bond donors (Lipinski definition) is 0. The maximum Gasteiger partial charge on any atom is 0.452 e. The van der Waals surface area contributed by atoms with Gasteiger partial charge in [-0.25, -0.2) is 9.37 Å². The molecule has 2 aromatic heterocycles. The molecule has 0 saturated carbocycles. The Morgan fingerprint density at radius 1 is 1.32 bits per heavy atom. The first-order chi connectivity index (χ1) is 11.8. The first kappa shape index (κ1) is 16.8. The highest BCUT2D eigenvalue weighted by atomic mass is 19.4. The Balaban J connectivity index is 1.89. The Hall–Kier alpha value is -3.09. The summed E-state index contributed by atoms with van der Waals surface area (Å²) < 4.78 is 66.0. The first-order valence-electron chi connectivity index (χ1n) is 7.02. The Labute approximate surface area is 137 Å². The van der Waals surface area contributed by atoms with Crippen LogP contribution in [0.3, 0.4) is 0 Å². The Morgan fingerprint density at radius 2 is 2.08 bits per heavy atom. The molecule has 1 atom stereocenters. The predicted molar refractivity (Wildman–Crippen MR) is 73.8 cm³/mol. The normalized spacial score (nSPS) is 13.0. The van der Waals surface area contributed by atoms with E-state index in [1.165, 1.54) is 6.07 Å². The van der Waals surface area contributed by atoms with Crippen molar-refractivity contribution in [2.45, 2.75) is 25.6 Å². The summed E-state index contributed by atoms with van der Waals surface area (Å²) in [5.41, 5.74) is 0.114. The topological polar surface area (TPSA) is 85.1 Å². The van der Waals surface area contributed by atoms with E-state index in [9.17, 15) is 17.6 Å². The van der Waals surface area contributed by atoms with Crippen molar-refractivity contribution in [3.8, 4) is 11.9 Å². The summed E-state index contributed by atoms with van der Waals surface area (Å²) in [4.78, 5) is 4.10.